The van der Waals surface area contributed by atoms with Crippen molar-refractivity contribution in [2.24, 2.45) is 0 Å². The number of benzene rings is 2. The van der Waals surface area contributed by atoms with Crippen LogP contribution in [0.15, 0.2) is 59.4 Å². The second-order valence-corrected chi connectivity index (χ2v) is 9.01. The molecule has 7 nitrogen and oxygen atoms in total. The first-order chi connectivity index (χ1) is 17.3. The van der Waals surface area contributed by atoms with Crippen LogP contribution in [0.3, 0.4) is 0 Å². The largest absolute Gasteiger partial charge is 0.496 e. The van der Waals surface area contributed by atoms with E-state index in [1.807, 2.05) is 49.4 Å². The number of halogens is 1. The molecule has 0 bridgehead atoms. The molecule has 0 aliphatic rings. The summed E-state index contributed by atoms with van der Waals surface area (Å²) in [4.78, 5) is 35.6. The van der Waals surface area contributed by atoms with Gasteiger partial charge in [-0.15, -0.1) is 0 Å². The summed E-state index contributed by atoms with van der Waals surface area (Å²) in [5.74, 6) is 0.284. The van der Waals surface area contributed by atoms with Crippen molar-refractivity contribution in [2.75, 3.05) is 27.4 Å². The molecule has 0 saturated carbocycles. The monoisotopic (exact) mass is 505 g/mol. The van der Waals surface area contributed by atoms with Gasteiger partial charge in [-0.2, -0.15) is 0 Å². The minimum absolute atomic E-state index is 0.0913. The van der Waals surface area contributed by atoms with Crippen LogP contribution < -0.4 is 10.3 Å². The van der Waals surface area contributed by atoms with Crippen LogP contribution in [0, 0.1) is 13.8 Å². The number of hydrogen-bond donors (Lipinski definition) is 1. The molecule has 0 saturated heterocycles. The van der Waals surface area contributed by atoms with Crippen molar-refractivity contribution in [1.82, 2.24) is 14.9 Å². The lowest BCUT2D eigenvalue weighted by Crippen LogP contribution is -2.37. The van der Waals surface area contributed by atoms with E-state index in [2.05, 4.69) is 4.98 Å². The summed E-state index contributed by atoms with van der Waals surface area (Å²) in [5.41, 5.74) is 4.24. The zero-order valence-corrected chi connectivity index (χ0v) is 21.5. The van der Waals surface area contributed by atoms with Crippen molar-refractivity contribution in [3.8, 4) is 17.0 Å². The van der Waals surface area contributed by atoms with Gasteiger partial charge in [-0.05, 0) is 61.4 Å². The number of nitrogens with one attached hydrogen (secondary N) is 1. The third-order valence-electron chi connectivity index (χ3n) is 6.16. The molecule has 2 aromatic carbocycles. The fraction of sp³-hybridized carbons (Fsp3) is 0.250. The molecule has 8 heteroatoms. The smallest absolute Gasteiger partial charge is 0.261 e. The van der Waals surface area contributed by atoms with E-state index in [1.165, 1.54) is 0 Å². The summed E-state index contributed by atoms with van der Waals surface area (Å²) in [7, 11) is 3.18. The van der Waals surface area contributed by atoms with Crippen LogP contribution in [0.2, 0.25) is 5.02 Å². The number of ether oxygens (including phenoxy) is 2. The molecule has 0 radical (unpaired) electrons. The Hall–Kier alpha value is -3.68. The Labute approximate surface area is 214 Å². The molecule has 4 aromatic rings. The predicted molar refractivity (Wildman–Crippen MR) is 142 cm³/mol. The van der Waals surface area contributed by atoms with Gasteiger partial charge in [-0.25, -0.2) is 4.98 Å². The first-order valence-electron chi connectivity index (χ1n) is 11.5. The van der Waals surface area contributed by atoms with Crippen molar-refractivity contribution in [3.05, 3.63) is 92.4 Å². The van der Waals surface area contributed by atoms with E-state index in [-0.39, 0.29) is 18.0 Å². The maximum atomic E-state index is 13.6. The number of carbonyl (C=O) groups is 1. The van der Waals surface area contributed by atoms with E-state index >= 15 is 0 Å². The van der Waals surface area contributed by atoms with Crippen LogP contribution in [-0.4, -0.2) is 48.1 Å². The number of aromatic amines is 1. The number of pyridine rings is 2. The van der Waals surface area contributed by atoms with Crippen molar-refractivity contribution in [1.29, 1.82) is 0 Å². The average molecular weight is 506 g/mol. The van der Waals surface area contributed by atoms with Crippen molar-refractivity contribution >= 4 is 28.4 Å². The lowest BCUT2D eigenvalue weighted by Gasteiger charge is -2.24. The Bertz CT molecular complexity index is 1480. The normalized spacial score (nSPS) is 11.0. The van der Waals surface area contributed by atoms with Crippen LogP contribution in [0.4, 0.5) is 0 Å². The van der Waals surface area contributed by atoms with Crippen LogP contribution in [-0.2, 0) is 11.3 Å². The number of nitrogens with zero attached hydrogens (tertiary/aromatic N) is 2. The van der Waals surface area contributed by atoms with Crippen molar-refractivity contribution in [3.63, 3.8) is 0 Å². The summed E-state index contributed by atoms with van der Waals surface area (Å²) in [6.45, 7) is 4.49. The molecule has 0 spiro atoms. The highest BCUT2D eigenvalue weighted by molar-refractivity contribution is 6.31. The topological polar surface area (TPSA) is 84.5 Å². The molecule has 2 heterocycles. The zero-order valence-electron chi connectivity index (χ0n) is 20.7. The lowest BCUT2D eigenvalue weighted by molar-refractivity contribution is 0.0678. The Kier molecular flexibility index (Phi) is 7.72. The molecule has 36 heavy (non-hydrogen) atoms. The summed E-state index contributed by atoms with van der Waals surface area (Å²) in [5, 5.41) is 1.47. The van der Waals surface area contributed by atoms with Gasteiger partial charge in [0.1, 0.15) is 11.3 Å². The average Bonchev–Trinajstić information content (AvgIpc) is 2.87. The maximum Gasteiger partial charge on any atom is 0.261 e. The van der Waals surface area contributed by atoms with Crippen LogP contribution in [0.1, 0.15) is 27.2 Å². The number of methoxy groups -OCH3 is 2. The molecule has 0 aliphatic heterocycles. The maximum absolute atomic E-state index is 13.6. The standard InChI is InChI=1S/C28H28ClN3O4/c1-17-13-23(27(33)30-18(17)2)28(34)32(11-12-35-3)16-20-14-19-9-10-21(29)15-24(19)31-26(20)22-7-5-6-8-25(22)36-4/h5-10,13-15H,11-12,16H2,1-4H3,(H,30,33). The summed E-state index contributed by atoms with van der Waals surface area (Å²) in [6, 6.07) is 16.7. The number of fused-ring (bicyclic) bond motifs is 1. The predicted octanol–water partition coefficient (Wildman–Crippen LogP) is 5.16. The molecule has 4 rings (SSSR count). The van der Waals surface area contributed by atoms with E-state index < -0.39 is 5.56 Å². The number of carbonyl (C=O) groups excluding carboxylic acids is 1. The van der Waals surface area contributed by atoms with Gasteiger partial charge in [-0.3, -0.25) is 9.59 Å². The molecule has 2 aromatic heterocycles. The van der Waals surface area contributed by atoms with Gasteiger partial charge in [0.05, 0.1) is 24.9 Å². The van der Waals surface area contributed by atoms with Gasteiger partial charge < -0.3 is 19.4 Å². The molecule has 1 amide bonds. The summed E-state index contributed by atoms with van der Waals surface area (Å²) >= 11 is 6.24. The molecule has 186 valence electrons. The number of rotatable bonds is 8. The fourth-order valence-electron chi connectivity index (χ4n) is 4.09. The Balaban J connectivity index is 1.85. The Morgan fingerprint density at radius 2 is 1.86 bits per heavy atom. The van der Waals surface area contributed by atoms with E-state index in [9.17, 15) is 9.59 Å². The third-order valence-corrected chi connectivity index (χ3v) is 6.40. The summed E-state index contributed by atoms with van der Waals surface area (Å²) in [6.07, 6.45) is 0. The molecule has 0 fully saturated rings. The van der Waals surface area contributed by atoms with E-state index in [1.54, 1.807) is 38.2 Å². The molecule has 0 aliphatic carbocycles. The number of aryl methyl sites for hydroxylation is 2. The number of aromatic nitrogens is 2. The van der Waals surface area contributed by atoms with E-state index in [0.29, 0.717) is 29.6 Å². The van der Waals surface area contributed by atoms with E-state index in [0.717, 1.165) is 33.3 Å². The van der Waals surface area contributed by atoms with Crippen LogP contribution >= 0.6 is 11.6 Å². The van der Waals surface area contributed by atoms with Gasteiger partial charge in [0.2, 0.25) is 0 Å². The molecular formula is C28H28ClN3O4. The Morgan fingerprint density at radius 3 is 2.61 bits per heavy atom. The quantitative estimate of drug-likeness (QED) is 0.357. The Morgan fingerprint density at radius 1 is 1.08 bits per heavy atom. The SMILES string of the molecule is COCCN(Cc1cc2ccc(Cl)cc2nc1-c1ccccc1OC)C(=O)c1cc(C)c(C)[nH]c1=O. The second kappa shape index (κ2) is 10.9. The second-order valence-electron chi connectivity index (χ2n) is 8.57. The third kappa shape index (κ3) is 5.27. The lowest BCUT2D eigenvalue weighted by atomic mass is 10.0. The highest BCUT2D eigenvalue weighted by atomic mass is 35.5. The van der Waals surface area contributed by atoms with Gasteiger partial charge in [0.25, 0.3) is 11.5 Å². The first-order valence-corrected chi connectivity index (χ1v) is 11.9. The van der Waals surface area contributed by atoms with Crippen molar-refractivity contribution < 1.29 is 14.3 Å². The van der Waals surface area contributed by atoms with Crippen molar-refractivity contribution in [2.45, 2.75) is 20.4 Å². The number of para-hydroxylation sites is 1. The summed E-state index contributed by atoms with van der Waals surface area (Å²) < 4.78 is 10.9. The highest BCUT2D eigenvalue weighted by Crippen LogP contribution is 2.34. The van der Waals surface area contributed by atoms with Crippen LogP contribution in [0.5, 0.6) is 5.75 Å². The molecule has 0 atom stereocenters. The van der Waals surface area contributed by atoms with Gasteiger partial charge >= 0.3 is 0 Å². The number of H-pyrrole nitrogens is 1. The van der Waals surface area contributed by atoms with Gasteiger partial charge in [-0.1, -0.05) is 29.8 Å². The fourth-order valence-corrected chi connectivity index (χ4v) is 4.26. The molecular weight excluding hydrogens is 478 g/mol. The van der Waals surface area contributed by atoms with E-state index in [4.69, 9.17) is 26.1 Å². The van der Waals surface area contributed by atoms with Gasteiger partial charge in [0.15, 0.2) is 0 Å². The number of amides is 1. The zero-order chi connectivity index (χ0) is 25.8. The highest BCUT2D eigenvalue weighted by Gasteiger charge is 2.23. The minimum Gasteiger partial charge on any atom is -0.496 e. The first kappa shape index (κ1) is 25.4. The number of hydrogen-bond acceptors (Lipinski definition) is 5. The molecule has 1 N–H and O–H groups in total. The van der Waals surface area contributed by atoms with Crippen LogP contribution in [0.25, 0.3) is 22.2 Å². The molecule has 0 unspecified atom stereocenters. The minimum atomic E-state index is -0.415. The van der Waals surface area contributed by atoms with Gasteiger partial charge in [0, 0.05) is 41.9 Å².